The SMILES string of the molecule is COCCN(CC1CCCN1)c1ccc(C(C)(C)C)cn1. The van der Waals surface area contributed by atoms with Crippen molar-refractivity contribution < 1.29 is 4.74 Å². The Hall–Kier alpha value is -1.13. The number of nitrogens with zero attached hydrogens (tertiary/aromatic N) is 2. The summed E-state index contributed by atoms with van der Waals surface area (Å²) in [5.41, 5.74) is 1.42. The van der Waals surface area contributed by atoms with Crippen LogP contribution in [0.5, 0.6) is 0 Å². The van der Waals surface area contributed by atoms with Crippen LogP contribution < -0.4 is 10.2 Å². The van der Waals surface area contributed by atoms with E-state index in [1.54, 1.807) is 7.11 Å². The molecule has 0 saturated carbocycles. The quantitative estimate of drug-likeness (QED) is 0.874. The van der Waals surface area contributed by atoms with Crippen molar-refractivity contribution in [3.05, 3.63) is 23.9 Å². The molecule has 1 unspecified atom stereocenters. The Morgan fingerprint density at radius 3 is 2.71 bits per heavy atom. The van der Waals surface area contributed by atoms with Crippen molar-refractivity contribution in [2.45, 2.75) is 45.1 Å². The number of ether oxygens (including phenoxy) is 1. The number of aromatic nitrogens is 1. The fourth-order valence-electron chi connectivity index (χ4n) is 2.70. The monoisotopic (exact) mass is 291 g/mol. The second-order valence-electron chi connectivity index (χ2n) is 6.89. The molecular formula is C17H29N3O. The van der Waals surface area contributed by atoms with Crippen molar-refractivity contribution in [1.82, 2.24) is 10.3 Å². The third kappa shape index (κ3) is 4.68. The molecule has 4 heteroatoms. The average molecular weight is 291 g/mol. The summed E-state index contributed by atoms with van der Waals surface area (Å²) in [5.74, 6) is 1.05. The van der Waals surface area contributed by atoms with E-state index in [1.165, 1.54) is 18.4 Å². The van der Waals surface area contributed by atoms with Crippen LogP contribution in [0.25, 0.3) is 0 Å². The molecule has 0 aliphatic carbocycles. The van der Waals surface area contributed by atoms with Gasteiger partial charge in [-0.1, -0.05) is 26.8 Å². The minimum Gasteiger partial charge on any atom is -0.383 e. The van der Waals surface area contributed by atoms with E-state index in [-0.39, 0.29) is 5.41 Å². The number of anilines is 1. The van der Waals surface area contributed by atoms with E-state index in [4.69, 9.17) is 4.74 Å². The Balaban J connectivity index is 2.07. The van der Waals surface area contributed by atoms with Crippen molar-refractivity contribution in [3.8, 4) is 0 Å². The maximum Gasteiger partial charge on any atom is 0.128 e. The Morgan fingerprint density at radius 2 is 2.19 bits per heavy atom. The lowest BCUT2D eigenvalue weighted by atomic mass is 9.88. The number of pyridine rings is 1. The second-order valence-corrected chi connectivity index (χ2v) is 6.89. The zero-order chi connectivity index (χ0) is 15.3. The van der Waals surface area contributed by atoms with Gasteiger partial charge < -0.3 is 15.0 Å². The summed E-state index contributed by atoms with van der Waals surface area (Å²) in [4.78, 5) is 7.02. The van der Waals surface area contributed by atoms with E-state index in [0.29, 0.717) is 6.04 Å². The molecule has 1 saturated heterocycles. The lowest BCUT2D eigenvalue weighted by molar-refractivity contribution is 0.204. The molecule has 1 aliphatic rings. The minimum atomic E-state index is 0.149. The smallest absolute Gasteiger partial charge is 0.128 e. The van der Waals surface area contributed by atoms with E-state index in [9.17, 15) is 0 Å². The van der Waals surface area contributed by atoms with E-state index in [2.05, 4.69) is 48.1 Å². The van der Waals surface area contributed by atoms with Crippen molar-refractivity contribution in [3.63, 3.8) is 0 Å². The van der Waals surface area contributed by atoms with Crippen LogP contribution in [0.4, 0.5) is 5.82 Å². The highest BCUT2D eigenvalue weighted by molar-refractivity contribution is 5.40. The normalized spacial score (nSPS) is 19.0. The predicted molar refractivity (Wildman–Crippen MR) is 88.1 cm³/mol. The maximum absolute atomic E-state index is 5.25. The first-order valence-electron chi connectivity index (χ1n) is 7.94. The third-order valence-electron chi connectivity index (χ3n) is 4.11. The largest absolute Gasteiger partial charge is 0.383 e. The average Bonchev–Trinajstić information content (AvgIpc) is 2.95. The van der Waals surface area contributed by atoms with Gasteiger partial charge in [-0.25, -0.2) is 4.98 Å². The fourth-order valence-corrected chi connectivity index (χ4v) is 2.70. The van der Waals surface area contributed by atoms with Crippen LogP contribution in [0.15, 0.2) is 18.3 Å². The molecule has 0 bridgehead atoms. The van der Waals surface area contributed by atoms with Gasteiger partial charge in [0.25, 0.3) is 0 Å². The van der Waals surface area contributed by atoms with Crippen LogP contribution in [-0.4, -0.2) is 44.4 Å². The lowest BCUT2D eigenvalue weighted by Crippen LogP contribution is -2.39. The molecule has 0 amide bonds. The van der Waals surface area contributed by atoms with Gasteiger partial charge in [-0.2, -0.15) is 0 Å². The van der Waals surface area contributed by atoms with Crippen LogP contribution >= 0.6 is 0 Å². The highest BCUT2D eigenvalue weighted by atomic mass is 16.5. The highest BCUT2D eigenvalue weighted by Crippen LogP contribution is 2.23. The maximum atomic E-state index is 5.25. The molecule has 1 atom stereocenters. The lowest BCUT2D eigenvalue weighted by Gasteiger charge is -2.27. The summed E-state index contributed by atoms with van der Waals surface area (Å²) in [6.07, 6.45) is 4.54. The molecule has 0 spiro atoms. The van der Waals surface area contributed by atoms with E-state index >= 15 is 0 Å². The molecule has 118 valence electrons. The predicted octanol–water partition coefficient (Wildman–Crippen LogP) is 2.58. The molecule has 21 heavy (non-hydrogen) atoms. The molecule has 1 aromatic rings. The van der Waals surface area contributed by atoms with Gasteiger partial charge in [-0.05, 0) is 36.4 Å². The summed E-state index contributed by atoms with van der Waals surface area (Å²) >= 11 is 0. The van der Waals surface area contributed by atoms with Gasteiger partial charge in [0.1, 0.15) is 5.82 Å². The summed E-state index contributed by atoms with van der Waals surface area (Å²) in [6.45, 7) is 10.4. The van der Waals surface area contributed by atoms with Gasteiger partial charge in [-0.3, -0.25) is 0 Å². The molecule has 2 heterocycles. The van der Waals surface area contributed by atoms with Gasteiger partial charge in [0.2, 0.25) is 0 Å². The number of nitrogens with one attached hydrogen (secondary N) is 1. The molecule has 4 nitrogen and oxygen atoms in total. The van der Waals surface area contributed by atoms with Gasteiger partial charge in [0.15, 0.2) is 0 Å². The third-order valence-corrected chi connectivity index (χ3v) is 4.11. The van der Waals surface area contributed by atoms with Crippen LogP contribution in [0, 0.1) is 0 Å². The topological polar surface area (TPSA) is 37.4 Å². The van der Waals surface area contributed by atoms with E-state index in [1.807, 2.05) is 6.20 Å². The van der Waals surface area contributed by atoms with Crippen molar-refractivity contribution in [2.75, 3.05) is 38.3 Å². The fraction of sp³-hybridized carbons (Fsp3) is 0.706. The first-order chi connectivity index (χ1) is 10.0. The number of rotatable bonds is 6. The minimum absolute atomic E-state index is 0.149. The highest BCUT2D eigenvalue weighted by Gasteiger charge is 2.20. The Morgan fingerprint density at radius 1 is 1.38 bits per heavy atom. The second kappa shape index (κ2) is 7.23. The summed E-state index contributed by atoms with van der Waals surface area (Å²) in [7, 11) is 1.75. The standard InChI is InChI=1S/C17H29N3O/c1-17(2,3)14-7-8-16(19-12-14)20(10-11-21-4)13-15-6-5-9-18-15/h7-8,12,15,18H,5-6,9-11,13H2,1-4H3. The van der Waals surface area contributed by atoms with Gasteiger partial charge in [0.05, 0.1) is 6.61 Å². The van der Waals surface area contributed by atoms with Crippen LogP contribution in [0.1, 0.15) is 39.2 Å². The first-order valence-corrected chi connectivity index (χ1v) is 7.94. The zero-order valence-corrected chi connectivity index (χ0v) is 13.9. The molecule has 0 aromatic carbocycles. The molecule has 1 fully saturated rings. The van der Waals surface area contributed by atoms with Crippen LogP contribution in [0.3, 0.4) is 0 Å². The Labute approximate surface area is 128 Å². The summed E-state index contributed by atoms with van der Waals surface area (Å²) in [6, 6.07) is 4.92. The molecular weight excluding hydrogens is 262 g/mol. The summed E-state index contributed by atoms with van der Waals surface area (Å²) < 4.78 is 5.25. The number of hydrogen-bond acceptors (Lipinski definition) is 4. The zero-order valence-electron chi connectivity index (χ0n) is 13.9. The Kier molecular flexibility index (Phi) is 5.59. The molecule has 1 aromatic heterocycles. The van der Waals surface area contributed by atoms with Crippen molar-refractivity contribution >= 4 is 5.82 Å². The van der Waals surface area contributed by atoms with E-state index < -0.39 is 0 Å². The Bertz CT molecular complexity index is 419. The van der Waals surface area contributed by atoms with Crippen LogP contribution in [0.2, 0.25) is 0 Å². The summed E-state index contributed by atoms with van der Waals surface area (Å²) in [5, 5.41) is 3.56. The van der Waals surface area contributed by atoms with Crippen molar-refractivity contribution in [1.29, 1.82) is 0 Å². The molecule has 2 rings (SSSR count). The number of methoxy groups -OCH3 is 1. The van der Waals surface area contributed by atoms with Crippen molar-refractivity contribution in [2.24, 2.45) is 0 Å². The first kappa shape index (κ1) is 16.2. The molecule has 1 N–H and O–H groups in total. The van der Waals surface area contributed by atoms with Gasteiger partial charge >= 0.3 is 0 Å². The van der Waals surface area contributed by atoms with Crippen LogP contribution in [-0.2, 0) is 10.2 Å². The molecule has 1 aliphatic heterocycles. The number of hydrogen-bond donors (Lipinski definition) is 1. The van der Waals surface area contributed by atoms with Gasteiger partial charge in [0, 0.05) is 32.4 Å². The van der Waals surface area contributed by atoms with Gasteiger partial charge in [-0.15, -0.1) is 0 Å². The van der Waals surface area contributed by atoms with E-state index in [0.717, 1.165) is 32.1 Å². The molecule has 0 radical (unpaired) electrons.